The number of ether oxygens (including phenoxy) is 9. The zero-order chi connectivity index (χ0) is 90.9. The van der Waals surface area contributed by atoms with Crippen molar-refractivity contribution in [3.8, 4) is 62.9 Å². The highest BCUT2D eigenvalue weighted by Crippen LogP contribution is 2.50. The molecule has 0 aliphatic carbocycles. The Balaban J connectivity index is 1.16. The Morgan fingerprint density at radius 3 is 1.91 bits per heavy atom. The van der Waals surface area contributed by atoms with E-state index in [0.717, 1.165) is 83.8 Å². The summed E-state index contributed by atoms with van der Waals surface area (Å²) < 4.78 is 55.8. The van der Waals surface area contributed by atoms with Gasteiger partial charge in [-0.25, -0.2) is 14.4 Å². The van der Waals surface area contributed by atoms with Crippen molar-refractivity contribution in [3.05, 3.63) is 183 Å². The fourth-order valence-electron chi connectivity index (χ4n) is 14.7. The van der Waals surface area contributed by atoms with Crippen molar-refractivity contribution in [1.82, 2.24) is 47.4 Å². The number of nitrogens with one attached hydrogen (secondary N) is 8. The molecule has 2 fully saturated rings. The second kappa shape index (κ2) is 40.3. The zero-order valence-electron chi connectivity index (χ0n) is 67.6. The standard InChI is InChI=1S/C84H93Cl3N10O28/c1-9-20-117-80(114)64-46-30-44(98)31-53(101)61(46)45-25-38(12-16-52(45)100)62-76(110)95-66(79(113)93-64)68(104)40-14-19-55(48(87)27-40)122-57-29-41-28-56(71(57)125-81-72(124-60-33-84(7,73(107)37(6)120-60)96-82(115)118-21-10-2)70(106)69(105)58(123-81)35-89-34-42-24-43(85)15-17-51(42)99)121-54-18-13-39(26-47(54)86)67(103)65(94-75(109)50(23-36(4)5)97(8)83(116)119-22-11-3)78(112)90-49(32-59(88)102)74(108)91-63(41)77(111)92-62/h9-19,24-31,36-37,49-50,58,60,62-70,72-73,81,89,98-101,103-107H,1-3,20-23,32-35H2,4-8H3,(H2,88,102)(H,90,112)(H,91,108)(H,92,111)(H,93,113)(H,94,109)(H,95,110)(H,96,115)/t37?,49-,50-,58?,60?,62+,63+,64+,65+,66-,67+,68+,69?,70?,72?,73?,81?,84?/m0/s1. The predicted molar refractivity (Wildman–Crippen MR) is 441 cm³/mol. The molecule has 125 heavy (non-hydrogen) atoms. The Hall–Kier alpha value is -12.1. The molecule has 668 valence electrons. The molecule has 13 rings (SSSR count). The van der Waals surface area contributed by atoms with Crippen LogP contribution in [-0.2, 0) is 73.3 Å². The van der Waals surface area contributed by atoms with Gasteiger partial charge in [0, 0.05) is 59.9 Å². The number of aliphatic hydroxyl groups excluding tert-OH is 5. The molecule has 9 unspecified atom stereocenters. The number of aliphatic hydroxyl groups is 5. The van der Waals surface area contributed by atoms with Gasteiger partial charge in [0.1, 0.15) is 127 Å². The lowest BCUT2D eigenvalue weighted by Gasteiger charge is -2.48. The SMILES string of the molecule is C=CCOC(=O)NC1(C)CC(OC2C(Oc3c4cc5cc3Oc3ccc(cc3Cl)[C@@H](O)[C@@H](NC(=O)[C@H](CC(C)C)N(C)C(=O)OCC=C)C(=O)N[C@@H](CC(N)=O)C(=O)N[C@H]5C(=O)N[C@H]3C(=O)N[C@H](C(=O)N[C@@H](C(=O)OCC=C)c5cc(O)cc(O)c5-c5cc3ccc5O)[C@H](O)c3ccc(c(Cl)c3)O4)OC(CNCc3cc(Cl)ccc3O)C(O)C2O)OC(C)C1O. The molecule has 0 aromatic heterocycles. The van der Waals surface area contributed by atoms with Crippen LogP contribution < -0.4 is 62.5 Å². The molecule has 9 amide bonds. The third kappa shape index (κ3) is 21.7. The number of amides is 9. The molecule has 18 atom stereocenters. The third-order valence-corrected chi connectivity index (χ3v) is 21.8. The van der Waals surface area contributed by atoms with Crippen LogP contribution in [0.1, 0.15) is 111 Å². The Labute approximate surface area is 728 Å². The van der Waals surface area contributed by atoms with Gasteiger partial charge in [-0.3, -0.25) is 38.5 Å². The smallest absolute Gasteiger partial charge is 0.410 e. The molecule has 41 heteroatoms. The van der Waals surface area contributed by atoms with Crippen molar-refractivity contribution in [3.63, 3.8) is 0 Å². The van der Waals surface area contributed by atoms with E-state index in [1.165, 1.54) is 57.3 Å². The molecule has 11 bridgehead atoms. The van der Waals surface area contributed by atoms with Crippen LogP contribution in [0.25, 0.3) is 11.1 Å². The summed E-state index contributed by atoms with van der Waals surface area (Å²) in [5.41, 5.74) is 1.53. The van der Waals surface area contributed by atoms with E-state index in [4.69, 9.17) is 83.2 Å². The average Bonchev–Trinajstić information content (AvgIpc) is 0.769. The Morgan fingerprint density at radius 2 is 1.27 bits per heavy atom. The number of hydrogen-bond donors (Lipinski definition) is 18. The molecule has 0 spiro atoms. The molecule has 2 saturated heterocycles. The van der Waals surface area contributed by atoms with Gasteiger partial charge >= 0.3 is 18.2 Å². The summed E-state index contributed by atoms with van der Waals surface area (Å²) in [6.07, 6.45) is -18.7. The van der Waals surface area contributed by atoms with Crippen LogP contribution >= 0.6 is 34.8 Å². The van der Waals surface area contributed by atoms with Gasteiger partial charge in [0.05, 0.1) is 28.1 Å². The number of esters is 1. The van der Waals surface area contributed by atoms with E-state index in [9.17, 15) is 69.9 Å². The van der Waals surface area contributed by atoms with E-state index in [0.29, 0.717) is 0 Å². The molecule has 19 N–H and O–H groups in total. The quantitative estimate of drug-likeness (QED) is 0.0230. The lowest BCUT2D eigenvalue weighted by atomic mass is 9.85. The number of nitrogens with two attached hydrogens (primary N) is 1. The number of primary amides is 1. The first-order valence-corrected chi connectivity index (χ1v) is 40.1. The summed E-state index contributed by atoms with van der Waals surface area (Å²) in [5, 5.41) is 127. The second-order valence-electron chi connectivity index (χ2n) is 30.6. The number of halogens is 3. The minimum atomic E-state index is -2.45. The summed E-state index contributed by atoms with van der Waals surface area (Å²) in [7, 11) is 1.23. The van der Waals surface area contributed by atoms with E-state index < -0.39 is 273 Å². The number of phenols is 4. The van der Waals surface area contributed by atoms with Gasteiger partial charge in [-0.15, -0.1) is 0 Å². The maximum absolute atomic E-state index is 16.5. The minimum absolute atomic E-state index is 0.0984. The summed E-state index contributed by atoms with van der Waals surface area (Å²) in [6, 6.07) is 2.62. The number of fused-ring (bicyclic) bond motifs is 15. The first-order valence-electron chi connectivity index (χ1n) is 39.0. The summed E-state index contributed by atoms with van der Waals surface area (Å²) >= 11 is 20.8. The first-order chi connectivity index (χ1) is 59.3. The second-order valence-corrected chi connectivity index (χ2v) is 31.8. The molecule has 0 saturated carbocycles. The number of benzene rings is 6. The van der Waals surface area contributed by atoms with Gasteiger partial charge in [0.2, 0.25) is 53.4 Å². The molecule has 0 radical (unpaired) electrons. The van der Waals surface area contributed by atoms with Gasteiger partial charge in [-0.05, 0) is 121 Å². The van der Waals surface area contributed by atoms with E-state index in [1.54, 1.807) is 13.8 Å². The van der Waals surface area contributed by atoms with Crippen molar-refractivity contribution in [2.24, 2.45) is 11.7 Å². The number of phenolic OH excluding ortho intramolecular Hbond substituents is 4. The number of nitrogens with zero attached hydrogens (tertiary/aromatic N) is 1. The van der Waals surface area contributed by atoms with Crippen LogP contribution in [-0.4, -0.2) is 223 Å². The predicted octanol–water partition coefficient (Wildman–Crippen LogP) is 4.90. The van der Waals surface area contributed by atoms with Crippen molar-refractivity contribution in [1.29, 1.82) is 0 Å². The molecule has 7 aliphatic heterocycles. The average molecular weight is 1800 g/mol. The van der Waals surface area contributed by atoms with Gasteiger partial charge in [0.25, 0.3) is 0 Å². The van der Waals surface area contributed by atoms with E-state index in [2.05, 4.69) is 62.3 Å². The normalized spacial score (nSPS) is 25.7. The summed E-state index contributed by atoms with van der Waals surface area (Å²) in [6.45, 7) is 15.4. The lowest BCUT2D eigenvalue weighted by Crippen LogP contribution is -2.66. The first kappa shape index (κ1) is 93.6. The Morgan fingerprint density at radius 1 is 0.664 bits per heavy atom. The van der Waals surface area contributed by atoms with Crippen molar-refractivity contribution in [2.45, 2.75) is 163 Å². The number of likely N-dealkylation sites (N-methyl/N-ethyl adjacent to an activating group) is 1. The maximum atomic E-state index is 16.5. The zero-order valence-corrected chi connectivity index (χ0v) is 69.8. The number of carbonyl (C=O) groups is 10. The number of hydrogen-bond acceptors (Lipinski definition) is 29. The molecule has 7 heterocycles. The van der Waals surface area contributed by atoms with E-state index in [1.807, 2.05) is 0 Å². The van der Waals surface area contributed by atoms with E-state index >= 15 is 24.0 Å². The minimum Gasteiger partial charge on any atom is -0.508 e. The van der Waals surface area contributed by atoms with Gasteiger partial charge < -0.3 is 137 Å². The van der Waals surface area contributed by atoms with E-state index in [-0.39, 0.29) is 65.1 Å². The van der Waals surface area contributed by atoms with Crippen LogP contribution in [0, 0.1) is 5.92 Å². The fraction of sp³-hybridized carbons (Fsp3) is 0.381. The number of carbonyl (C=O) groups excluding carboxylic acids is 10. The molecule has 6 aromatic carbocycles. The van der Waals surface area contributed by atoms with Crippen LogP contribution in [0.3, 0.4) is 0 Å². The van der Waals surface area contributed by atoms with Crippen LogP contribution in [0.2, 0.25) is 15.1 Å². The molecule has 6 aromatic rings. The van der Waals surface area contributed by atoms with Crippen molar-refractivity contribution in [2.75, 3.05) is 33.4 Å². The third-order valence-electron chi connectivity index (χ3n) is 21.0. The highest BCUT2D eigenvalue weighted by atomic mass is 35.5. The highest BCUT2D eigenvalue weighted by Gasteiger charge is 2.53. The largest absolute Gasteiger partial charge is 0.508 e. The van der Waals surface area contributed by atoms with Crippen LogP contribution in [0.5, 0.6) is 51.7 Å². The van der Waals surface area contributed by atoms with Crippen LogP contribution in [0.4, 0.5) is 9.59 Å². The highest BCUT2D eigenvalue weighted by molar-refractivity contribution is 6.32. The monoisotopic (exact) mass is 1790 g/mol. The molecular formula is C84H93Cl3N10O28. The number of rotatable bonds is 23. The molecule has 7 aliphatic rings. The van der Waals surface area contributed by atoms with Gasteiger partial charge in [0.15, 0.2) is 29.9 Å². The van der Waals surface area contributed by atoms with Gasteiger partial charge in [-0.1, -0.05) is 105 Å². The summed E-state index contributed by atoms with van der Waals surface area (Å²) in [5.74, 6) is -16.8. The molecule has 38 nitrogen and oxygen atoms in total. The van der Waals surface area contributed by atoms with Crippen molar-refractivity contribution >= 4 is 94.3 Å². The fourth-order valence-corrected chi connectivity index (χ4v) is 15.3. The maximum Gasteiger partial charge on any atom is 0.410 e. The lowest BCUT2D eigenvalue weighted by molar-refractivity contribution is -0.331. The Kier molecular flexibility index (Phi) is 30.2. The topological polar surface area (TPSA) is 561 Å². The number of alkyl carbamates (subject to hydrolysis) is 1. The summed E-state index contributed by atoms with van der Waals surface area (Å²) in [4.78, 5) is 149. The van der Waals surface area contributed by atoms with Crippen molar-refractivity contribution < 1.29 is 137 Å². The molecular weight excluding hydrogens is 1700 g/mol. The van der Waals surface area contributed by atoms with Crippen LogP contribution in [0.15, 0.2) is 135 Å². The Bertz CT molecular complexity index is 5160. The number of aromatic hydroxyl groups is 4. The van der Waals surface area contributed by atoms with Gasteiger partial charge in [-0.2, -0.15) is 0 Å².